The maximum absolute atomic E-state index is 12.3. The second kappa shape index (κ2) is 7.48. The second-order valence-electron chi connectivity index (χ2n) is 3.76. The molecule has 0 amide bonds. The Morgan fingerprint density at radius 2 is 2.10 bits per heavy atom. The molecule has 1 heterocycles. The molecule has 0 saturated heterocycles. The van der Waals surface area contributed by atoms with E-state index in [4.69, 9.17) is 9.47 Å². The highest BCUT2D eigenvalue weighted by Crippen LogP contribution is 2.36. The number of methoxy groups -OCH3 is 1. The first-order valence-corrected chi connectivity index (χ1v) is 6.96. The zero-order valence-corrected chi connectivity index (χ0v) is 12.9. The first-order valence-electron chi connectivity index (χ1n) is 5.84. The summed E-state index contributed by atoms with van der Waals surface area (Å²) in [6, 6.07) is 0. The lowest BCUT2D eigenvalue weighted by Crippen LogP contribution is -2.19. The van der Waals surface area contributed by atoms with Gasteiger partial charge < -0.3 is 14.2 Å². The summed E-state index contributed by atoms with van der Waals surface area (Å²) in [5.41, 5.74) is 0.747. The minimum atomic E-state index is -4.88. The van der Waals surface area contributed by atoms with E-state index in [2.05, 4.69) is 25.7 Å². The van der Waals surface area contributed by atoms with Gasteiger partial charge >= 0.3 is 12.3 Å². The third-order valence-electron chi connectivity index (χ3n) is 2.38. The number of halogens is 4. The lowest BCUT2D eigenvalue weighted by molar-refractivity contribution is -0.276. The Bertz CT molecular complexity index is 508. The maximum atomic E-state index is 12.3. The minimum absolute atomic E-state index is 0.121. The van der Waals surface area contributed by atoms with Gasteiger partial charge in [-0.05, 0) is 12.5 Å². The summed E-state index contributed by atoms with van der Waals surface area (Å²) < 4.78 is 50.4. The first-order chi connectivity index (χ1) is 9.82. The van der Waals surface area contributed by atoms with E-state index in [0.29, 0.717) is 11.1 Å². The highest BCUT2D eigenvalue weighted by molar-refractivity contribution is 9.08. The largest absolute Gasteiger partial charge is 0.574 e. The van der Waals surface area contributed by atoms with Gasteiger partial charge in [-0.15, -0.1) is 13.2 Å². The van der Waals surface area contributed by atoms with Crippen molar-refractivity contribution in [1.82, 2.24) is 4.98 Å². The number of carbonyl (C=O) groups is 1. The van der Waals surface area contributed by atoms with Gasteiger partial charge in [0.15, 0.2) is 5.75 Å². The zero-order chi connectivity index (χ0) is 16.0. The molecule has 0 spiro atoms. The number of pyridine rings is 1. The highest BCUT2D eigenvalue weighted by atomic mass is 79.9. The van der Waals surface area contributed by atoms with Crippen LogP contribution in [0.15, 0.2) is 6.20 Å². The van der Waals surface area contributed by atoms with Crippen LogP contribution in [-0.2, 0) is 21.3 Å². The minimum Gasteiger partial charge on any atom is -0.491 e. The first kappa shape index (κ1) is 17.5. The van der Waals surface area contributed by atoms with Crippen LogP contribution in [0.2, 0.25) is 0 Å². The number of aromatic nitrogens is 1. The van der Waals surface area contributed by atoms with E-state index in [1.165, 1.54) is 7.11 Å². The summed E-state index contributed by atoms with van der Waals surface area (Å²) >= 11 is 3.15. The Morgan fingerprint density at radius 1 is 1.43 bits per heavy atom. The summed E-state index contributed by atoms with van der Waals surface area (Å²) in [7, 11) is 1.19. The molecule has 5 nitrogen and oxygen atoms in total. The number of esters is 1. The van der Waals surface area contributed by atoms with Crippen LogP contribution in [0.1, 0.15) is 18.1 Å². The average molecular weight is 372 g/mol. The Morgan fingerprint density at radius 3 is 2.57 bits per heavy atom. The van der Waals surface area contributed by atoms with Gasteiger partial charge in [0, 0.05) is 17.1 Å². The molecule has 1 aromatic heterocycles. The van der Waals surface area contributed by atoms with E-state index in [9.17, 15) is 18.0 Å². The molecule has 0 fully saturated rings. The van der Waals surface area contributed by atoms with Crippen LogP contribution >= 0.6 is 15.9 Å². The van der Waals surface area contributed by atoms with Gasteiger partial charge in [0.25, 0.3) is 5.88 Å². The summed E-state index contributed by atoms with van der Waals surface area (Å²) in [6.07, 6.45) is -3.87. The van der Waals surface area contributed by atoms with Gasteiger partial charge in [0.1, 0.15) is 0 Å². The summed E-state index contributed by atoms with van der Waals surface area (Å²) in [6.45, 7) is 1.87. The monoisotopic (exact) mass is 371 g/mol. The molecule has 1 rings (SSSR count). The fraction of sp³-hybridized carbons (Fsp3) is 0.500. The molecular weight excluding hydrogens is 359 g/mol. The van der Waals surface area contributed by atoms with E-state index in [1.807, 2.05) is 0 Å². The van der Waals surface area contributed by atoms with Crippen LogP contribution in [0.3, 0.4) is 0 Å². The van der Waals surface area contributed by atoms with Crippen LogP contribution in [0.25, 0.3) is 0 Å². The molecule has 118 valence electrons. The Labute approximate surface area is 127 Å². The molecule has 1 aromatic rings. The van der Waals surface area contributed by atoms with Crippen LogP contribution in [0, 0.1) is 0 Å². The number of rotatable bonds is 6. The fourth-order valence-electron chi connectivity index (χ4n) is 1.61. The van der Waals surface area contributed by atoms with Gasteiger partial charge in [-0.1, -0.05) is 15.9 Å². The quantitative estimate of drug-likeness (QED) is 0.568. The SMILES string of the molecule is CCOC(=O)Cc1cnc(OC(F)(F)F)c(OC)c1CBr. The zero-order valence-electron chi connectivity index (χ0n) is 11.3. The third-order valence-corrected chi connectivity index (χ3v) is 2.94. The summed E-state index contributed by atoms with van der Waals surface area (Å²) in [5, 5.41) is 0.168. The Hall–Kier alpha value is -1.51. The van der Waals surface area contributed by atoms with Crippen LogP contribution in [-0.4, -0.2) is 31.0 Å². The van der Waals surface area contributed by atoms with Crippen LogP contribution in [0.4, 0.5) is 13.2 Å². The van der Waals surface area contributed by atoms with Gasteiger partial charge in [0.05, 0.1) is 20.1 Å². The van der Waals surface area contributed by atoms with Gasteiger partial charge in [-0.25, -0.2) is 4.98 Å². The van der Waals surface area contributed by atoms with Gasteiger partial charge in [-0.3, -0.25) is 4.79 Å². The Balaban J connectivity index is 3.16. The molecule has 0 N–H and O–H groups in total. The molecule has 0 aromatic carbocycles. The topological polar surface area (TPSA) is 57.7 Å². The van der Waals surface area contributed by atoms with E-state index >= 15 is 0 Å². The second-order valence-corrected chi connectivity index (χ2v) is 4.32. The normalized spacial score (nSPS) is 11.1. The predicted molar refractivity (Wildman–Crippen MR) is 70.4 cm³/mol. The van der Waals surface area contributed by atoms with Crippen LogP contribution < -0.4 is 9.47 Å². The molecular formula is C12H13BrF3NO4. The van der Waals surface area contributed by atoms with E-state index < -0.39 is 18.2 Å². The lowest BCUT2D eigenvalue weighted by Gasteiger charge is -2.16. The van der Waals surface area contributed by atoms with Gasteiger partial charge in [-0.2, -0.15) is 0 Å². The van der Waals surface area contributed by atoms with Crippen molar-refractivity contribution in [3.05, 3.63) is 17.3 Å². The lowest BCUT2D eigenvalue weighted by atomic mass is 10.1. The van der Waals surface area contributed by atoms with Gasteiger partial charge in [0.2, 0.25) is 0 Å². The highest BCUT2D eigenvalue weighted by Gasteiger charge is 2.34. The number of nitrogens with zero attached hydrogens (tertiary/aromatic N) is 1. The Kier molecular flexibility index (Phi) is 6.25. The van der Waals surface area contributed by atoms with Crippen molar-refractivity contribution in [2.75, 3.05) is 13.7 Å². The molecule has 0 bridgehead atoms. The molecule has 9 heteroatoms. The van der Waals surface area contributed by atoms with E-state index in [1.54, 1.807) is 6.92 Å². The predicted octanol–water partition coefficient (Wildman–Crippen LogP) is 2.99. The fourth-order valence-corrected chi connectivity index (χ4v) is 2.22. The van der Waals surface area contributed by atoms with E-state index in [-0.39, 0.29) is 24.1 Å². The van der Waals surface area contributed by atoms with Crippen molar-refractivity contribution in [3.63, 3.8) is 0 Å². The number of ether oxygens (including phenoxy) is 3. The third kappa shape index (κ3) is 5.07. The molecule has 21 heavy (non-hydrogen) atoms. The standard InChI is InChI=1S/C12H13BrF3NO4/c1-3-20-9(18)4-7-6-17-11(21-12(14,15)16)10(19-2)8(7)5-13/h6H,3-5H2,1-2H3. The summed E-state index contributed by atoms with van der Waals surface area (Å²) in [5.74, 6) is -1.38. The molecule has 0 aliphatic carbocycles. The molecule has 0 atom stereocenters. The van der Waals surface area contributed by atoms with Crippen molar-refractivity contribution < 1.29 is 32.2 Å². The maximum Gasteiger partial charge on any atom is 0.574 e. The average Bonchev–Trinajstić information content (AvgIpc) is 2.38. The number of hydrogen-bond donors (Lipinski definition) is 0. The van der Waals surface area contributed by atoms with Crippen molar-refractivity contribution >= 4 is 21.9 Å². The molecule has 0 radical (unpaired) electrons. The summed E-state index contributed by atoms with van der Waals surface area (Å²) in [4.78, 5) is 15.0. The number of carbonyl (C=O) groups excluding carboxylic acids is 1. The number of hydrogen-bond acceptors (Lipinski definition) is 5. The molecule has 0 aliphatic heterocycles. The molecule has 0 saturated carbocycles. The molecule has 0 unspecified atom stereocenters. The van der Waals surface area contributed by atoms with Crippen molar-refractivity contribution in [2.45, 2.75) is 25.0 Å². The van der Waals surface area contributed by atoms with Crippen LogP contribution in [0.5, 0.6) is 11.6 Å². The number of alkyl halides is 4. The molecule has 0 aliphatic rings. The smallest absolute Gasteiger partial charge is 0.491 e. The van der Waals surface area contributed by atoms with Crippen molar-refractivity contribution in [1.29, 1.82) is 0 Å². The van der Waals surface area contributed by atoms with Crippen molar-refractivity contribution in [3.8, 4) is 11.6 Å². The van der Waals surface area contributed by atoms with Crippen molar-refractivity contribution in [2.24, 2.45) is 0 Å². The van der Waals surface area contributed by atoms with E-state index in [0.717, 1.165) is 6.20 Å².